The highest BCUT2D eigenvalue weighted by molar-refractivity contribution is 7.91. The van der Waals surface area contributed by atoms with Gasteiger partial charge in [0.15, 0.2) is 15.9 Å². The van der Waals surface area contributed by atoms with Gasteiger partial charge in [-0.05, 0) is 37.1 Å². The van der Waals surface area contributed by atoms with Crippen molar-refractivity contribution >= 4 is 51.0 Å². The number of esters is 1. The Labute approximate surface area is 156 Å². The molecule has 1 fully saturated rings. The highest BCUT2D eigenvalue weighted by Crippen LogP contribution is 2.23. The van der Waals surface area contributed by atoms with Crippen LogP contribution in [0, 0.1) is 0 Å². The summed E-state index contributed by atoms with van der Waals surface area (Å²) < 4.78 is 27.7. The summed E-state index contributed by atoms with van der Waals surface area (Å²) in [7, 11) is -3.09. The number of halogens is 2. The van der Waals surface area contributed by atoms with Gasteiger partial charge in [0.25, 0.3) is 5.91 Å². The molecule has 1 aromatic carbocycles. The van der Waals surface area contributed by atoms with E-state index in [1.165, 1.54) is 19.1 Å². The average Bonchev–Trinajstić information content (AvgIpc) is 2.87. The van der Waals surface area contributed by atoms with E-state index in [2.05, 4.69) is 5.32 Å². The van der Waals surface area contributed by atoms with Crippen LogP contribution in [0.1, 0.15) is 18.9 Å². The second-order valence-corrected chi connectivity index (χ2v) is 8.74. The van der Waals surface area contributed by atoms with Gasteiger partial charge in [0.05, 0.1) is 21.6 Å². The van der Waals surface area contributed by atoms with Crippen LogP contribution in [0.3, 0.4) is 0 Å². The van der Waals surface area contributed by atoms with Gasteiger partial charge in [-0.15, -0.1) is 0 Å². The van der Waals surface area contributed by atoms with Crippen molar-refractivity contribution in [1.29, 1.82) is 0 Å². The van der Waals surface area contributed by atoms with E-state index in [4.69, 9.17) is 27.9 Å². The van der Waals surface area contributed by atoms with Crippen LogP contribution in [0.5, 0.6) is 0 Å². The predicted octanol–water partition coefficient (Wildman–Crippen LogP) is 2.24. The molecule has 1 aliphatic heterocycles. The van der Waals surface area contributed by atoms with Crippen LogP contribution in [0.15, 0.2) is 24.3 Å². The summed E-state index contributed by atoms with van der Waals surface area (Å²) >= 11 is 11.7. The SMILES string of the molecule is C[C@@H](OC(=O)/C=C/c1ccc(Cl)c(Cl)c1)C(=O)N[C@@H]1CCS(=O)(=O)C1. The Morgan fingerprint density at radius 1 is 1.32 bits per heavy atom. The van der Waals surface area contributed by atoms with Crippen molar-refractivity contribution < 1.29 is 22.7 Å². The lowest BCUT2D eigenvalue weighted by Crippen LogP contribution is -2.42. The van der Waals surface area contributed by atoms with E-state index in [1.54, 1.807) is 18.2 Å². The van der Waals surface area contributed by atoms with Gasteiger partial charge in [-0.2, -0.15) is 0 Å². The van der Waals surface area contributed by atoms with Gasteiger partial charge >= 0.3 is 5.97 Å². The fourth-order valence-electron chi connectivity index (χ4n) is 2.27. The Balaban J connectivity index is 1.85. The van der Waals surface area contributed by atoms with Gasteiger partial charge in [-0.1, -0.05) is 29.3 Å². The normalized spacial score (nSPS) is 20.4. The molecule has 1 aliphatic rings. The summed E-state index contributed by atoms with van der Waals surface area (Å²) in [5, 5.41) is 3.34. The maximum Gasteiger partial charge on any atom is 0.331 e. The van der Waals surface area contributed by atoms with Crippen LogP contribution in [0.4, 0.5) is 0 Å². The van der Waals surface area contributed by atoms with E-state index in [1.807, 2.05) is 0 Å². The van der Waals surface area contributed by atoms with Crippen molar-refractivity contribution in [3.63, 3.8) is 0 Å². The van der Waals surface area contributed by atoms with E-state index in [0.29, 0.717) is 22.0 Å². The molecule has 9 heteroatoms. The minimum Gasteiger partial charge on any atom is -0.449 e. The van der Waals surface area contributed by atoms with Gasteiger partial charge < -0.3 is 10.1 Å². The molecule has 136 valence electrons. The topological polar surface area (TPSA) is 89.5 Å². The minimum atomic E-state index is -3.09. The fraction of sp³-hybridized carbons (Fsp3) is 0.375. The quantitative estimate of drug-likeness (QED) is 0.599. The minimum absolute atomic E-state index is 0.0541. The fourth-order valence-corrected chi connectivity index (χ4v) is 4.25. The van der Waals surface area contributed by atoms with Gasteiger partial charge in [0, 0.05) is 12.1 Å². The van der Waals surface area contributed by atoms with E-state index >= 15 is 0 Å². The smallest absolute Gasteiger partial charge is 0.331 e. The van der Waals surface area contributed by atoms with Crippen molar-refractivity contribution in [3.05, 3.63) is 39.9 Å². The van der Waals surface area contributed by atoms with E-state index in [-0.39, 0.29) is 11.5 Å². The zero-order valence-electron chi connectivity index (χ0n) is 13.4. The molecule has 25 heavy (non-hydrogen) atoms. The first-order valence-corrected chi connectivity index (χ1v) is 10.1. The molecule has 2 atom stereocenters. The third-order valence-corrected chi connectivity index (χ3v) is 6.10. The Morgan fingerprint density at radius 2 is 2.04 bits per heavy atom. The van der Waals surface area contributed by atoms with Crippen LogP contribution in [-0.4, -0.2) is 43.9 Å². The lowest BCUT2D eigenvalue weighted by molar-refractivity contribution is -0.150. The molecule has 1 aromatic rings. The molecule has 1 amide bonds. The van der Waals surface area contributed by atoms with Crippen LogP contribution < -0.4 is 5.32 Å². The number of ether oxygens (including phenoxy) is 1. The summed E-state index contributed by atoms with van der Waals surface area (Å²) in [5.74, 6) is -1.26. The third-order valence-electron chi connectivity index (χ3n) is 3.60. The number of nitrogens with one attached hydrogen (secondary N) is 1. The maximum absolute atomic E-state index is 12.0. The number of hydrogen-bond acceptors (Lipinski definition) is 5. The molecular weight excluding hydrogens is 389 g/mol. The van der Waals surface area contributed by atoms with Crippen molar-refractivity contribution in [3.8, 4) is 0 Å². The molecule has 0 saturated carbocycles. The van der Waals surface area contributed by atoms with Crippen LogP contribution >= 0.6 is 23.2 Å². The molecule has 0 spiro atoms. The van der Waals surface area contributed by atoms with Crippen molar-refractivity contribution in [2.45, 2.75) is 25.5 Å². The monoisotopic (exact) mass is 405 g/mol. The predicted molar refractivity (Wildman–Crippen MR) is 96.3 cm³/mol. The molecule has 6 nitrogen and oxygen atoms in total. The first-order chi connectivity index (χ1) is 11.7. The van der Waals surface area contributed by atoms with Gasteiger partial charge in [-0.3, -0.25) is 4.79 Å². The number of hydrogen-bond donors (Lipinski definition) is 1. The molecule has 1 heterocycles. The lowest BCUT2D eigenvalue weighted by atomic mass is 10.2. The van der Waals surface area contributed by atoms with Crippen LogP contribution in [0.2, 0.25) is 10.0 Å². The first-order valence-electron chi connectivity index (χ1n) is 7.51. The van der Waals surface area contributed by atoms with Gasteiger partial charge in [-0.25, -0.2) is 13.2 Å². The number of rotatable bonds is 5. The zero-order valence-corrected chi connectivity index (χ0v) is 15.7. The van der Waals surface area contributed by atoms with Gasteiger partial charge in [0.1, 0.15) is 0 Å². The summed E-state index contributed by atoms with van der Waals surface area (Å²) in [5.41, 5.74) is 0.652. The first kappa shape index (κ1) is 19.8. The lowest BCUT2D eigenvalue weighted by Gasteiger charge is -2.15. The summed E-state index contributed by atoms with van der Waals surface area (Å²) in [6.07, 6.45) is 1.99. The number of amides is 1. The standard InChI is InChI=1S/C16H17Cl2NO5S/c1-10(16(21)19-12-6-7-25(22,23)9-12)24-15(20)5-3-11-2-4-13(17)14(18)8-11/h2-5,8,10,12H,6-7,9H2,1H3,(H,19,21)/b5-3+/t10-,12-/m1/s1. The molecule has 0 aliphatic carbocycles. The Kier molecular flexibility index (Phi) is 6.48. The number of carbonyl (C=O) groups is 2. The Bertz CT molecular complexity index is 807. The summed E-state index contributed by atoms with van der Waals surface area (Å²) in [6.45, 7) is 1.42. The van der Waals surface area contributed by atoms with Crippen molar-refractivity contribution in [2.75, 3.05) is 11.5 Å². The maximum atomic E-state index is 12.0. The molecule has 0 unspecified atom stereocenters. The van der Waals surface area contributed by atoms with E-state index in [9.17, 15) is 18.0 Å². The molecular formula is C16H17Cl2NO5S. The summed E-state index contributed by atoms with van der Waals surface area (Å²) in [4.78, 5) is 23.7. The van der Waals surface area contributed by atoms with Crippen LogP contribution in [-0.2, 0) is 24.2 Å². The largest absolute Gasteiger partial charge is 0.449 e. The van der Waals surface area contributed by atoms with Gasteiger partial charge in [0.2, 0.25) is 0 Å². The second-order valence-electron chi connectivity index (χ2n) is 5.69. The highest BCUT2D eigenvalue weighted by Gasteiger charge is 2.30. The van der Waals surface area contributed by atoms with Crippen molar-refractivity contribution in [1.82, 2.24) is 5.32 Å². The number of sulfone groups is 1. The molecule has 1 N–H and O–H groups in total. The highest BCUT2D eigenvalue weighted by atomic mass is 35.5. The Hall–Kier alpha value is -1.57. The molecule has 0 radical (unpaired) electrons. The molecule has 1 saturated heterocycles. The van der Waals surface area contributed by atoms with Crippen molar-refractivity contribution in [2.24, 2.45) is 0 Å². The zero-order chi connectivity index (χ0) is 18.6. The number of benzene rings is 1. The molecule has 2 rings (SSSR count). The summed E-state index contributed by atoms with van der Waals surface area (Å²) in [6, 6.07) is 4.42. The number of carbonyl (C=O) groups excluding carboxylic acids is 2. The van der Waals surface area contributed by atoms with Crippen LogP contribution in [0.25, 0.3) is 6.08 Å². The van der Waals surface area contributed by atoms with E-state index in [0.717, 1.165) is 0 Å². The second kappa shape index (κ2) is 8.21. The third kappa shape index (κ3) is 6.02. The molecule has 0 aromatic heterocycles. The molecule has 0 bridgehead atoms. The average molecular weight is 406 g/mol. The van der Waals surface area contributed by atoms with E-state index < -0.39 is 33.9 Å². The Morgan fingerprint density at radius 3 is 2.64 bits per heavy atom.